The molecular weight excluding hydrogens is 232 g/mol. The number of likely N-dealkylation sites (N-methyl/N-ethyl adjacent to an activating group) is 2. The van der Waals surface area contributed by atoms with Crippen LogP contribution in [-0.2, 0) is 9.59 Å². The minimum Gasteiger partial charge on any atom is -0.480 e. The summed E-state index contributed by atoms with van der Waals surface area (Å²) in [6.07, 6.45) is 6.44. The Morgan fingerprint density at radius 2 is 2.00 bits per heavy atom. The fraction of sp³-hybridized carbons (Fsp3) is 0.538. The Labute approximate surface area is 108 Å². The number of allylic oxidation sites excluding steroid dienone is 1. The van der Waals surface area contributed by atoms with Crippen LogP contribution in [0, 0.1) is 0 Å². The van der Waals surface area contributed by atoms with Gasteiger partial charge in [-0.15, -0.1) is 0 Å². The van der Waals surface area contributed by atoms with Crippen LogP contribution < -0.4 is 10.6 Å². The molecule has 0 amide bonds. The molecule has 1 aliphatic carbocycles. The lowest BCUT2D eigenvalue weighted by molar-refractivity contribution is -0.142. The van der Waals surface area contributed by atoms with Crippen LogP contribution in [0.15, 0.2) is 23.9 Å². The summed E-state index contributed by atoms with van der Waals surface area (Å²) in [5.41, 5.74) is 0.0208. The highest BCUT2D eigenvalue weighted by molar-refractivity contribution is 5.82. The van der Waals surface area contributed by atoms with E-state index in [1.54, 1.807) is 26.1 Å². The monoisotopic (exact) mass is 254 g/mol. The van der Waals surface area contributed by atoms with Crippen LogP contribution in [0.3, 0.4) is 0 Å². The zero-order chi connectivity index (χ0) is 14.2. The summed E-state index contributed by atoms with van der Waals surface area (Å²) in [6.45, 7) is 3.43. The van der Waals surface area contributed by atoms with Crippen molar-refractivity contribution in [2.45, 2.75) is 32.2 Å². The van der Waals surface area contributed by atoms with Gasteiger partial charge in [-0.25, -0.2) is 4.79 Å². The molecule has 0 aromatic heterocycles. The molecule has 0 radical (unpaired) electrons. The molecule has 0 spiro atoms. The second kappa shape index (κ2) is 7.66. The van der Waals surface area contributed by atoms with E-state index in [2.05, 4.69) is 10.6 Å². The van der Waals surface area contributed by atoms with Crippen molar-refractivity contribution in [2.24, 2.45) is 0 Å². The summed E-state index contributed by atoms with van der Waals surface area (Å²) in [7, 11) is 3.46. The van der Waals surface area contributed by atoms with Crippen LogP contribution in [0.1, 0.15) is 26.7 Å². The topological polar surface area (TPSA) is 78.4 Å². The van der Waals surface area contributed by atoms with E-state index in [9.17, 15) is 9.59 Å². The predicted octanol–water partition coefficient (Wildman–Crippen LogP) is 1.08. The Kier molecular flexibility index (Phi) is 6.97. The van der Waals surface area contributed by atoms with Gasteiger partial charge in [-0.3, -0.25) is 0 Å². The van der Waals surface area contributed by atoms with Gasteiger partial charge in [-0.05, 0) is 20.0 Å². The summed E-state index contributed by atoms with van der Waals surface area (Å²) in [4.78, 5) is 20.8. The number of carbonyl (C=O) groups is 2. The van der Waals surface area contributed by atoms with E-state index < -0.39 is 11.5 Å². The van der Waals surface area contributed by atoms with Gasteiger partial charge in [0.25, 0.3) is 0 Å². The Balaban J connectivity index is 0.000000494. The molecule has 18 heavy (non-hydrogen) atoms. The number of carboxylic acid groups (broad SMARTS) is 1. The first-order valence-corrected chi connectivity index (χ1v) is 5.90. The van der Waals surface area contributed by atoms with Crippen molar-refractivity contribution < 1.29 is 14.7 Å². The number of aliphatic carboxylic acids is 1. The molecule has 5 nitrogen and oxygen atoms in total. The van der Waals surface area contributed by atoms with Crippen molar-refractivity contribution in [3.8, 4) is 0 Å². The lowest BCUT2D eigenvalue weighted by Gasteiger charge is -2.27. The molecule has 1 unspecified atom stereocenters. The van der Waals surface area contributed by atoms with E-state index in [-0.39, 0.29) is 5.78 Å². The Bertz CT molecular complexity index is 361. The molecule has 0 saturated carbocycles. The number of carboxylic acids is 1. The van der Waals surface area contributed by atoms with E-state index >= 15 is 0 Å². The largest absolute Gasteiger partial charge is 0.480 e. The normalized spacial score (nSPS) is 21.4. The molecule has 0 aliphatic heterocycles. The van der Waals surface area contributed by atoms with Crippen molar-refractivity contribution >= 4 is 11.8 Å². The maximum atomic E-state index is 10.9. The zero-order valence-electron chi connectivity index (χ0n) is 11.4. The fourth-order valence-electron chi connectivity index (χ4n) is 1.28. The molecule has 0 aromatic carbocycles. The van der Waals surface area contributed by atoms with Gasteiger partial charge in [0.05, 0.1) is 0 Å². The van der Waals surface area contributed by atoms with E-state index in [1.165, 1.54) is 0 Å². The number of ketones is 1. The third kappa shape index (κ3) is 4.71. The van der Waals surface area contributed by atoms with Crippen molar-refractivity contribution in [3.63, 3.8) is 0 Å². The van der Waals surface area contributed by atoms with Crippen LogP contribution in [-0.4, -0.2) is 36.5 Å². The number of hydrogen-bond acceptors (Lipinski definition) is 4. The summed E-state index contributed by atoms with van der Waals surface area (Å²) in [5, 5.41) is 14.7. The third-order valence-corrected chi connectivity index (χ3v) is 2.81. The average Bonchev–Trinajstić information content (AvgIpc) is 2.39. The van der Waals surface area contributed by atoms with Crippen molar-refractivity contribution in [2.75, 3.05) is 14.1 Å². The summed E-state index contributed by atoms with van der Waals surface area (Å²) < 4.78 is 0. The van der Waals surface area contributed by atoms with Crippen LogP contribution in [0.25, 0.3) is 0 Å². The quantitative estimate of drug-likeness (QED) is 0.699. The zero-order valence-corrected chi connectivity index (χ0v) is 11.4. The number of nitrogens with one attached hydrogen (secondary N) is 2. The summed E-state index contributed by atoms with van der Waals surface area (Å²) >= 11 is 0. The molecule has 1 rings (SSSR count). The lowest BCUT2D eigenvalue weighted by Crippen LogP contribution is -2.49. The van der Waals surface area contributed by atoms with E-state index in [1.807, 2.05) is 20.0 Å². The van der Waals surface area contributed by atoms with Gasteiger partial charge < -0.3 is 20.5 Å². The maximum Gasteiger partial charge on any atom is 0.328 e. The lowest BCUT2D eigenvalue weighted by atomic mass is 9.90. The van der Waals surface area contributed by atoms with Crippen molar-refractivity contribution in [1.82, 2.24) is 10.6 Å². The summed E-state index contributed by atoms with van der Waals surface area (Å²) in [5.74, 6) is -0.595. The maximum absolute atomic E-state index is 10.9. The van der Waals surface area contributed by atoms with E-state index in [0.717, 1.165) is 5.70 Å². The van der Waals surface area contributed by atoms with Gasteiger partial charge in [0.2, 0.25) is 0 Å². The minimum absolute atomic E-state index is 0.255. The first-order chi connectivity index (χ1) is 8.41. The molecule has 102 valence electrons. The van der Waals surface area contributed by atoms with Crippen LogP contribution >= 0.6 is 0 Å². The smallest absolute Gasteiger partial charge is 0.328 e. The van der Waals surface area contributed by atoms with Crippen LogP contribution in [0.2, 0.25) is 0 Å². The highest BCUT2D eigenvalue weighted by atomic mass is 16.4. The molecule has 0 heterocycles. The average molecular weight is 254 g/mol. The van der Waals surface area contributed by atoms with Gasteiger partial charge in [-0.2, -0.15) is 0 Å². The van der Waals surface area contributed by atoms with Crippen LogP contribution in [0.4, 0.5) is 0 Å². The molecule has 5 heteroatoms. The van der Waals surface area contributed by atoms with Gasteiger partial charge >= 0.3 is 5.97 Å². The van der Waals surface area contributed by atoms with Gasteiger partial charge in [-0.1, -0.05) is 19.1 Å². The van der Waals surface area contributed by atoms with Crippen molar-refractivity contribution in [3.05, 3.63) is 23.9 Å². The Morgan fingerprint density at radius 1 is 1.44 bits per heavy atom. The molecular formula is C13H22N2O3. The molecule has 0 saturated heterocycles. The van der Waals surface area contributed by atoms with Crippen molar-refractivity contribution in [1.29, 1.82) is 0 Å². The second-order valence-electron chi connectivity index (χ2n) is 4.03. The number of hydrogen-bond donors (Lipinski definition) is 3. The van der Waals surface area contributed by atoms with Crippen LogP contribution in [0.5, 0.6) is 0 Å². The SMILES string of the molecule is CCC(C)=O.CNC1=CCC(NC)(C(=O)O)C=C1. The first kappa shape index (κ1) is 16.4. The van der Waals surface area contributed by atoms with Gasteiger partial charge in [0.1, 0.15) is 11.3 Å². The Morgan fingerprint density at radius 3 is 2.22 bits per heavy atom. The molecule has 1 aliphatic rings. The Hall–Kier alpha value is -1.62. The van der Waals surface area contributed by atoms with E-state index in [4.69, 9.17) is 5.11 Å². The molecule has 3 N–H and O–H groups in total. The highest BCUT2D eigenvalue weighted by Gasteiger charge is 2.34. The minimum atomic E-state index is -0.930. The summed E-state index contributed by atoms with van der Waals surface area (Å²) in [6, 6.07) is 0. The second-order valence-corrected chi connectivity index (χ2v) is 4.03. The number of Topliss-reactive ketones (excluding diaryl/α,β-unsaturated/α-hetero) is 1. The third-order valence-electron chi connectivity index (χ3n) is 2.81. The predicted molar refractivity (Wildman–Crippen MR) is 71.3 cm³/mol. The number of rotatable bonds is 4. The van der Waals surface area contributed by atoms with Gasteiger partial charge in [0, 0.05) is 25.6 Å². The molecule has 0 fully saturated rings. The first-order valence-electron chi connectivity index (χ1n) is 5.90. The molecule has 1 atom stereocenters. The fourth-order valence-corrected chi connectivity index (χ4v) is 1.28. The highest BCUT2D eigenvalue weighted by Crippen LogP contribution is 2.19. The molecule has 0 aromatic rings. The molecule has 0 bridgehead atoms. The standard InChI is InChI=1S/C9H14N2O2.C4H8O/c1-10-7-3-5-9(11-2,6-4-7)8(12)13;1-3-4(2)5/h3-5,10-11H,6H2,1-2H3,(H,12,13);3H2,1-2H3. The van der Waals surface area contributed by atoms with Gasteiger partial charge in [0.15, 0.2) is 0 Å². The van der Waals surface area contributed by atoms with E-state index in [0.29, 0.717) is 12.8 Å². The number of carbonyl (C=O) groups excluding carboxylic acids is 1.